The van der Waals surface area contributed by atoms with Crippen LogP contribution in [0.15, 0.2) is 63.4 Å². The summed E-state index contributed by atoms with van der Waals surface area (Å²) in [7, 11) is 0. The van der Waals surface area contributed by atoms with Crippen molar-refractivity contribution in [1.82, 2.24) is 15.8 Å². The van der Waals surface area contributed by atoms with Crippen molar-refractivity contribution in [2.45, 2.75) is 4.34 Å². The first-order valence-corrected chi connectivity index (χ1v) is 9.55. The lowest BCUT2D eigenvalue weighted by molar-refractivity contribution is -0.119. The highest BCUT2D eigenvalue weighted by Gasteiger charge is 2.13. The summed E-state index contributed by atoms with van der Waals surface area (Å²) in [5.41, 5.74) is 6.28. The number of hydrogen-bond donors (Lipinski definition) is 2. The van der Waals surface area contributed by atoms with Crippen LogP contribution in [0.5, 0.6) is 0 Å². The first-order chi connectivity index (χ1) is 12.7. The van der Waals surface area contributed by atoms with Crippen LogP contribution in [-0.2, 0) is 4.79 Å². The second-order valence-electron chi connectivity index (χ2n) is 5.39. The number of para-hydroxylation sites is 2. The Labute approximate surface area is 156 Å². The van der Waals surface area contributed by atoms with Gasteiger partial charge < -0.3 is 4.42 Å². The van der Waals surface area contributed by atoms with E-state index in [1.807, 2.05) is 42.5 Å². The Hall–Kier alpha value is -2.84. The van der Waals surface area contributed by atoms with E-state index in [9.17, 15) is 9.59 Å². The third-order valence-electron chi connectivity index (χ3n) is 3.57. The van der Waals surface area contributed by atoms with E-state index in [2.05, 4.69) is 15.8 Å². The Kier molecular flexibility index (Phi) is 4.59. The molecule has 0 aliphatic carbocycles. The maximum atomic E-state index is 12.1. The van der Waals surface area contributed by atoms with Crippen LogP contribution < -0.4 is 10.9 Å². The Morgan fingerprint density at radius 3 is 2.73 bits per heavy atom. The van der Waals surface area contributed by atoms with Crippen molar-refractivity contribution < 1.29 is 14.0 Å². The van der Waals surface area contributed by atoms with Gasteiger partial charge in [-0.15, -0.1) is 11.3 Å². The quantitative estimate of drug-likeness (QED) is 0.416. The van der Waals surface area contributed by atoms with Gasteiger partial charge in [-0.1, -0.05) is 42.1 Å². The largest absolute Gasteiger partial charge is 0.451 e. The molecule has 0 aliphatic rings. The fourth-order valence-electron chi connectivity index (χ4n) is 2.36. The summed E-state index contributed by atoms with van der Waals surface area (Å²) in [6.07, 6.45) is 0. The van der Waals surface area contributed by atoms with Gasteiger partial charge in [-0.05, 0) is 24.3 Å². The molecule has 8 heteroatoms. The van der Waals surface area contributed by atoms with Gasteiger partial charge >= 0.3 is 5.91 Å². The number of thioether (sulfide) groups is 1. The predicted molar refractivity (Wildman–Crippen MR) is 102 cm³/mol. The third-order valence-corrected chi connectivity index (χ3v) is 5.75. The molecule has 2 amide bonds. The summed E-state index contributed by atoms with van der Waals surface area (Å²) in [6.45, 7) is 0. The van der Waals surface area contributed by atoms with Crippen LogP contribution in [0.3, 0.4) is 0 Å². The molecule has 2 aromatic carbocycles. The summed E-state index contributed by atoms with van der Waals surface area (Å²) < 4.78 is 7.34. The smallest absolute Gasteiger partial charge is 0.305 e. The second-order valence-corrected chi connectivity index (χ2v) is 7.64. The van der Waals surface area contributed by atoms with Gasteiger partial charge in [0.1, 0.15) is 5.58 Å². The molecule has 0 unspecified atom stereocenters. The highest BCUT2D eigenvalue weighted by atomic mass is 32.2. The molecule has 0 bridgehead atoms. The third kappa shape index (κ3) is 3.56. The maximum Gasteiger partial charge on any atom is 0.305 e. The number of hydrazine groups is 1. The van der Waals surface area contributed by atoms with Crippen LogP contribution in [0.2, 0.25) is 0 Å². The Morgan fingerprint density at radius 1 is 1.08 bits per heavy atom. The number of rotatable bonds is 4. The summed E-state index contributed by atoms with van der Waals surface area (Å²) in [6, 6.07) is 16.8. The number of carbonyl (C=O) groups excluding carboxylic acids is 2. The van der Waals surface area contributed by atoms with Crippen LogP contribution in [0.1, 0.15) is 10.6 Å². The highest BCUT2D eigenvalue weighted by molar-refractivity contribution is 8.01. The van der Waals surface area contributed by atoms with Gasteiger partial charge in [-0.25, -0.2) is 4.98 Å². The van der Waals surface area contributed by atoms with E-state index in [0.29, 0.717) is 5.58 Å². The van der Waals surface area contributed by atoms with Crippen LogP contribution in [0.4, 0.5) is 0 Å². The van der Waals surface area contributed by atoms with E-state index in [4.69, 9.17) is 4.42 Å². The Bertz CT molecular complexity index is 1040. The minimum atomic E-state index is -0.500. The van der Waals surface area contributed by atoms with Crippen molar-refractivity contribution in [3.8, 4) is 0 Å². The highest BCUT2D eigenvalue weighted by Crippen LogP contribution is 2.29. The van der Waals surface area contributed by atoms with Crippen molar-refractivity contribution in [3.63, 3.8) is 0 Å². The number of benzene rings is 2. The normalized spacial score (nSPS) is 10.9. The van der Waals surface area contributed by atoms with Crippen molar-refractivity contribution in [2.75, 3.05) is 5.75 Å². The lowest BCUT2D eigenvalue weighted by atomic mass is 10.2. The van der Waals surface area contributed by atoms with E-state index in [1.165, 1.54) is 23.1 Å². The van der Waals surface area contributed by atoms with Gasteiger partial charge in [0, 0.05) is 5.39 Å². The molecular formula is C18H13N3O3S2. The van der Waals surface area contributed by atoms with Gasteiger partial charge in [-0.2, -0.15) is 0 Å². The molecule has 2 heterocycles. The van der Waals surface area contributed by atoms with Crippen molar-refractivity contribution >= 4 is 56.1 Å². The predicted octanol–water partition coefficient (Wildman–Crippen LogP) is 3.60. The number of thiazole rings is 1. The minimum Gasteiger partial charge on any atom is -0.451 e. The molecule has 2 N–H and O–H groups in total. The standard InChI is InChI=1S/C18H13N3O3S2/c22-16(10-25-18-19-12-6-2-4-8-15(12)26-18)20-21-17(23)14-9-11-5-1-3-7-13(11)24-14/h1-9H,10H2,(H,20,22)(H,21,23). The first-order valence-electron chi connectivity index (χ1n) is 7.75. The number of carbonyl (C=O) groups is 2. The number of fused-ring (bicyclic) bond motifs is 2. The average Bonchev–Trinajstić information content (AvgIpc) is 3.27. The second kappa shape index (κ2) is 7.19. The van der Waals surface area contributed by atoms with Gasteiger partial charge in [-0.3, -0.25) is 20.4 Å². The topological polar surface area (TPSA) is 84.2 Å². The first kappa shape index (κ1) is 16.6. The zero-order valence-electron chi connectivity index (χ0n) is 13.4. The number of furan rings is 1. The van der Waals surface area contributed by atoms with Crippen molar-refractivity contribution in [3.05, 3.63) is 60.4 Å². The summed E-state index contributed by atoms with van der Waals surface area (Å²) in [5, 5.41) is 0.829. The summed E-state index contributed by atoms with van der Waals surface area (Å²) in [5.74, 6) is -0.524. The lowest BCUT2D eigenvalue weighted by Gasteiger charge is -2.04. The van der Waals surface area contributed by atoms with E-state index >= 15 is 0 Å². The van der Waals surface area contributed by atoms with Gasteiger partial charge in [0.2, 0.25) is 5.91 Å². The number of amides is 2. The van der Waals surface area contributed by atoms with Crippen LogP contribution in [0, 0.1) is 0 Å². The van der Waals surface area contributed by atoms with Gasteiger partial charge in [0.15, 0.2) is 10.1 Å². The van der Waals surface area contributed by atoms with Crippen LogP contribution >= 0.6 is 23.1 Å². The molecule has 2 aromatic heterocycles. The summed E-state index contributed by atoms with van der Waals surface area (Å²) in [4.78, 5) is 28.5. The molecule has 26 heavy (non-hydrogen) atoms. The fraction of sp³-hybridized carbons (Fsp3) is 0.0556. The van der Waals surface area contributed by atoms with E-state index in [0.717, 1.165) is 19.9 Å². The van der Waals surface area contributed by atoms with E-state index < -0.39 is 5.91 Å². The average molecular weight is 383 g/mol. The zero-order chi connectivity index (χ0) is 17.9. The molecule has 4 rings (SSSR count). The monoisotopic (exact) mass is 383 g/mol. The molecule has 4 aromatic rings. The van der Waals surface area contributed by atoms with Crippen molar-refractivity contribution in [1.29, 1.82) is 0 Å². The number of nitrogens with one attached hydrogen (secondary N) is 2. The zero-order valence-corrected chi connectivity index (χ0v) is 15.0. The fourth-order valence-corrected chi connectivity index (χ4v) is 4.23. The summed E-state index contributed by atoms with van der Waals surface area (Å²) >= 11 is 2.86. The number of hydrogen-bond acceptors (Lipinski definition) is 6. The molecule has 0 radical (unpaired) electrons. The Morgan fingerprint density at radius 2 is 1.88 bits per heavy atom. The molecule has 0 saturated carbocycles. The molecule has 0 atom stereocenters. The number of aromatic nitrogens is 1. The van der Waals surface area contributed by atoms with Gasteiger partial charge in [0.05, 0.1) is 16.0 Å². The van der Waals surface area contributed by atoms with E-state index in [-0.39, 0.29) is 17.4 Å². The lowest BCUT2D eigenvalue weighted by Crippen LogP contribution is -2.42. The minimum absolute atomic E-state index is 0.144. The molecule has 130 valence electrons. The van der Waals surface area contributed by atoms with Gasteiger partial charge in [0.25, 0.3) is 0 Å². The number of nitrogens with zero attached hydrogens (tertiary/aromatic N) is 1. The molecule has 0 aliphatic heterocycles. The van der Waals surface area contributed by atoms with E-state index in [1.54, 1.807) is 12.1 Å². The maximum absolute atomic E-state index is 12.1. The Balaban J connectivity index is 1.31. The molecule has 0 spiro atoms. The van der Waals surface area contributed by atoms with Crippen molar-refractivity contribution in [2.24, 2.45) is 0 Å². The SMILES string of the molecule is O=C(CSc1nc2ccccc2s1)NNC(=O)c1cc2ccccc2o1. The molecule has 6 nitrogen and oxygen atoms in total. The molecular weight excluding hydrogens is 370 g/mol. The molecule has 0 fully saturated rings. The molecule has 0 saturated heterocycles. The van der Waals surface area contributed by atoms with Crippen LogP contribution in [-0.4, -0.2) is 22.6 Å². The van der Waals surface area contributed by atoms with Crippen LogP contribution in [0.25, 0.3) is 21.2 Å².